The fourth-order valence-corrected chi connectivity index (χ4v) is 2.08. The van der Waals surface area contributed by atoms with Crippen molar-refractivity contribution in [3.8, 4) is 5.75 Å². The summed E-state index contributed by atoms with van der Waals surface area (Å²) in [6.07, 6.45) is 0. The van der Waals surface area contributed by atoms with Crippen LogP contribution >= 0.6 is 0 Å². The second kappa shape index (κ2) is 5.30. The number of para-hydroxylation sites is 1. The molecule has 2 rings (SSSR count). The zero-order valence-electron chi connectivity index (χ0n) is 11.3. The molecule has 0 unspecified atom stereocenters. The molecule has 0 spiro atoms. The molecular formula is C14H17NO4. The van der Waals surface area contributed by atoms with Crippen LogP contribution in [0.3, 0.4) is 0 Å². The maximum absolute atomic E-state index is 11.9. The number of carbonyl (C=O) groups is 2. The minimum Gasteiger partial charge on any atom is -0.481 e. The van der Waals surface area contributed by atoms with Gasteiger partial charge in [0.1, 0.15) is 12.3 Å². The van der Waals surface area contributed by atoms with Crippen LogP contribution in [0.1, 0.15) is 25.3 Å². The fourth-order valence-electron chi connectivity index (χ4n) is 2.08. The van der Waals surface area contributed by atoms with Crippen molar-refractivity contribution >= 4 is 17.6 Å². The molecule has 5 nitrogen and oxygen atoms in total. The Hall–Kier alpha value is -2.04. The van der Waals surface area contributed by atoms with E-state index in [2.05, 4.69) is 18.6 Å². The molecular weight excluding hydrogens is 246 g/mol. The SMILES string of the molecule is COC(=O)CN1C(=O)COc2c(C(C)C)cccc21. The number of methoxy groups -OCH3 is 1. The highest BCUT2D eigenvalue weighted by molar-refractivity contribution is 6.01. The summed E-state index contributed by atoms with van der Waals surface area (Å²) in [4.78, 5) is 24.7. The Morgan fingerprint density at radius 3 is 2.84 bits per heavy atom. The van der Waals surface area contributed by atoms with Gasteiger partial charge in [0, 0.05) is 0 Å². The highest BCUT2D eigenvalue weighted by Crippen LogP contribution is 2.38. The van der Waals surface area contributed by atoms with Crippen LogP contribution in [0.15, 0.2) is 18.2 Å². The number of ether oxygens (including phenoxy) is 2. The van der Waals surface area contributed by atoms with Gasteiger partial charge >= 0.3 is 5.97 Å². The minimum atomic E-state index is -0.448. The van der Waals surface area contributed by atoms with E-state index in [1.807, 2.05) is 12.1 Å². The van der Waals surface area contributed by atoms with Crippen LogP contribution in [-0.2, 0) is 14.3 Å². The third-order valence-electron chi connectivity index (χ3n) is 3.09. The topological polar surface area (TPSA) is 55.8 Å². The van der Waals surface area contributed by atoms with Crippen molar-refractivity contribution in [1.29, 1.82) is 0 Å². The van der Waals surface area contributed by atoms with Crippen LogP contribution in [0.4, 0.5) is 5.69 Å². The van der Waals surface area contributed by atoms with Gasteiger partial charge in [0.05, 0.1) is 12.8 Å². The third-order valence-corrected chi connectivity index (χ3v) is 3.09. The summed E-state index contributed by atoms with van der Waals surface area (Å²) in [5.74, 6) is 0.277. The lowest BCUT2D eigenvalue weighted by atomic mass is 10.00. The molecule has 1 aromatic rings. The number of amides is 1. The van der Waals surface area contributed by atoms with Gasteiger partial charge < -0.3 is 9.47 Å². The molecule has 19 heavy (non-hydrogen) atoms. The number of nitrogens with zero attached hydrogens (tertiary/aromatic N) is 1. The van der Waals surface area contributed by atoms with E-state index in [0.717, 1.165) is 5.56 Å². The number of fused-ring (bicyclic) bond motifs is 1. The van der Waals surface area contributed by atoms with Crippen LogP contribution in [0, 0.1) is 0 Å². The Balaban J connectivity index is 2.41. The summed E-state index contributed by atoms with van der Waals surface area (Å²) in [5, 5.41) is 0. The largest absolute Gasteiger partial charge is 0.481 e. The fraction of sp³-hybridized carbons (Fsp3) is 0.429. The van der Waals surface area contributed by atoms with E-state index in [9.17, 15) is 9.59 Å². The van der Waals surface area contributed by atoms with Gasteiger partial charge in [-0.15, -0.1) is 0 Å². The van der Waals surface area contributed by atoms with Crippen molar-refractivity contribution in [2.45, 2.75) is 19.8 Å². The summed E-state index contributed by atoms with van der Waals surface area (Å²) in [6.45, 7) is 3.97. The summed E-state index contributed by atoms with van der Waals surface area (Å²) in [5.41, 5.74) is 1.66. The molecule has 0 fully saturated rings. The molecule has 1 aromatic carbocycles. The second-order valence-corrected chi connectivity index (χ2v) is 4.69. The van der Waals surface area contributed by atoms with Crippen molar-refractivity contribution < 1.29 is 19.1 Å². The van der Waals surface area contributed by atoms with E-state index in [4.69, 9.17) is 4.74 Å². The summed E-state index contributed by atoms with van der Waals surface area (Å²) < 4.78 is 10.2. The third kappa shape index (κ3) is 2.54. The van der Waals surface area contributed by atoms with Gasteiger partial charge in [-0.25, -0.2) is 0 Å². The molecule has 0 bridgehead atoms. The number of hydrogen-bond acceptors (Lipinski definition) is 4. The molecule has 5 heteroatoms. The quantitative estimate of drug-likeness (QED) is 0.779. The number of hydrogen-bond donors (Lipinski definition) is 0. The van der Waals surface area contributed by atoms with Crippen LogP contribution in [0.2, 0.25) is 0 Å². The van der Waals surface area contributed by atoms with Gasteiger partial charge in [0.2, 0.25) is 0 Å². The molecule has 0 aliphatic carbocycles. The number of rotatable bonds is 3. The van der Waals surface area contributed by atoms with Gasteiger partial charge in [-0.3, -0.25) is 14.5 Å². The first-order valence-electron chi connectivity index (χ1n) is 6.17. The minimum absolute atomic E-state index is 0.0479. The van der Waals surface area contributed by atoms with Crippen LogP contribution in [-0.4, -0.2) is 32.1 Å². The lowest BCUT2D eigenvalue weighted by molar-refractivity contribution is -0.140. The lowest BCUT2D eigenvalue weighted by Gasteiger charge is -2.30. The summed E-state index contributed by atoms with van der Waals surface area (Å²) in [6, 6.07) is 5.61. The van der Waals surface area contributed by atoms with E-state index >= 15 is 0 Å². The molecule has 1 amide bonds. The van der Waals surface area contributed by atoms with Gasteiger partial charge in [0.25, 0.3) is 5.91 Å². The Morgan fingerprint density at radius 2 is 2.21 bits per heavy atom. The first-order chi connectivity index (χ1) is 9.04. The Labute approximate surface area is 112 Å². The van der Waals surface area contributed by atoms with Crippen molar-refractivity contribution in [1.82, 2.24) is 0 Å². The summed E-state index contributed by atoms with van der Waals surface area (Å²) in [7, 11) is 1.30. The predicted octanol–water partition coefficient (Wildman–Crippen LogP) is 1.71. The molecule has 1 heterocycles. The molecule has 0 saturated carbocycles. The van der Waals surface area contributed by atoms with Crippen LogP contribution in [0.5, 0.6) is 5.75 Å². The average molecular weight is 263 g/mol. The second-order valence-electron chi connectivity index (χ2n) is 4.69. The molecule has 0 aromatic heterocycles. The maximum atomic E-state index is 11.9. The first kappa shape index (κ1) is 13.4. The maximum Gasteiger partial charge on any atom is 0.325 e. The Kier molecular flexibility index (Phi) is 3.74. The van der Waals surface area contributed by atoms with E-state index in [0.29, 0.717) is 11.4 Å². The zero-order chi connectivity index (χ0) is 14.0. The number of benzene rings is 1. The van der Waals surface area contributed by atoms with Crippen molar-refractivity contribution in [3.05, 3.63) is 23.8 Å². The lowest BCUT2D eigenvalue weighted by Crippen LogP contribution is -2.42. The number of esters is 1. The van der Waals surface area contributed by atoms with Gasteiger partial charge in [-0.05, 0) is 17.5 Å². The van der Waals surface area contributed by atoms with Gasteiger partial charge in [0.15, 0.2) is 6.61 Å². The molecule has 102 valence electrons. The standard InChI is InChI=1S/C14H17NO4/c1-9(2)10-5-4-6-11-14(10)19-8-12(16)15(11)7-13(17)18-3/h4-6,9H,7-8H2,1-3H3. The highest BCUT2D eigenvalue weighted by atomic mass is 16.5. The van der Waals surface area contributed by atoms with Crippen molar-refractivity contribution in [2.75, 3.05) is 25.2 Å². The monoisotopic (exact) mass is 263 g/mol. The van der Waals surface area contributed by atoms with E-state index in [1.54, 1.807) is 6.07 Å². The molecule has 0 N–H and O–H groups in total. The zero-order valence-corrected chi connectivity index (χ0v) is 11.3. The van der Waals surface area contributed by atoms with E-state index < -0.39 is 5.97 Å². The van der Waals surface area contributed by atoms with Gasteiger partial charge in [-0.1, -0.05) is 26.0 Å². The number of carbonyl (C=O) groups excluding carboxylic acids is 2. The highest BCUT2D eigenvalue weighted by Gasteiger charge is 2.29. The normalized spacial score (nSPS) is 14.1. The van der Waals surface area contributed by atoms with Crippen molar-refractivity contribution in [3.63, 3.8) is 0 Å². The predicted molar refractivity (Wildman–Crippen MR) is 70.4 cm³/mol. The first-order valence-corrected chi connectivity index (χ1v) is 6.17. The molecule has 0 atom stereocenters. The molecule has 1 aliphatic heterocycles. The van der Waals surface area contributed by atoms with Crippen LogP contribution in [0.25, 0.3) is 0 Å². The summed E-state index contributed by atoms with van der Waals surface area (Å²) >= 11 is 0. The smallest absolute Gasteiger partial charge is 0.325 e. The number of anilines is 1. The van der Waals surface area contributed by atoms with Crippen molar-refractivity contribution in [2.24, 2.45) is 0 Å². The van der Waals surface area contributed by atoms with E-state index in [-0.39, 0.29) is 25.0 Å². The van der Waals surface area contributed by atoms with Gasteiger partial charge in [-0.2, -0.15) is 0 Å². The van der Waals surface area contributed by atoms with Crippen LogP contribution < -0.4 is 9.64 Å². The Morgan fingerprint density at radius 1 is 1.47 bits per heavy atom. The average Bonchev–Trinajstić information content (AvgIpc) is 2.40. The molecule has 0 saturated heterocycles. The Bertz CT molecular complexity index is 510. The van der Waals surface area contributed by atoms with E-state index in [1.165, 1.54) is 12.0 Å². The molecule has 1 aliphatic rings. The molecule has 0 radical (unpaired) electrons.